The maximum Gasteiger partial charge on any atom is 0.0454 e. The molecule has 0 aliphatic carbocycles. The van der Waals surface area contributed by atoms with E-state index in [1.165, 1.54) is 5.39 Å². The van der Waals surface area contributed by atoms with E-state index in [1.807, 2.05) is 25.4 Å². The van der Waals surface area contributed by atoms with Crippen LogP contribution in [0.3, 0.4) is 0 Å². The van der Waals surface area contributed by atoms with E-state index in [4.69, 9.17) is 0 Å². The highest BCUT2D eigenvalue weighted by Gasteiger charge is 2.04. The second-order valence-electron chi connectivity index (χ2n) is 4.44. The minimum atomic E-state index is 1.01. The summed E-state index contributed by atoms with van der Waals surface area (Å²) in [5.74, 6) is 0. The van der Waals surface area contributed by atoms with Gasteiger partial charge >= 0.3 is 0 Å². The molecule has 1 N–H and O–H groups in total. The second kappa shape index (κ2) is 4.15. The van der Waals surface area contributed by atoms with Crippen LogP contribution < -0.4 is 0 Å². The highest BCUT2D eigenvalue weighted by atomic mass is 14.7. The molecule has 0 aliphatic rings. The number of pyridine rings is 1. The Morgan fingerprint density at radius 3 is 2.78 bits per heavy atom. The van der Waals surface area contributed by atoms with Crippen molar-refractivity contribution in [1.29, 1.82) is 0 Å². The lowest BCUT2D eigenvalue weighted by atomic mass is 9.99. The molecule has 3 aromatic rings. The molecule has 0 unspecified atom stereocenters. The maximum atomic E-state index is 4.21. The topological polar surface area (TPSA) is 28.7 Å². The Balaban J connectivity index is 2.06. The van der Waals surface area contributed by atoms with Gasteiger partial charge in [0.1, 0.15) is 0 Å². The summed E-state index contributed by atoms with van der Waals surface area (Å²) in [6, 6.07) is 12.5. The maximum absolute atomic E-state index is 4.21. The molecule has 0 saturated heterocycles. The fourth-order valence-corrected chi connectivity index (χ4v) is 2.14. The Morgan fingerprint density at radius 2 is 1.94 bits per heavy atom. The van der Waals surface area contributed by atoms with Crippen LogP contribution in [0.5, 0.6) is 0 Å². The van der Waals surface area contributed by atoms with Crippen LogP contribution in [0.25, 0.3) is 16.5 Å². The van der Waals surface area contributed by atoms with Crippen LogP contribution >= 0.6 is 0 Å². The van der Waals surface area contributed by atoms with Gasteiger partial charge in [-0.25, -0.2) is 0 Å². The molecule has 2 aromatic heterocycles. The Bertz CT molecular complexity index is 723. The second-order valence-corrected chi connectivity index (χ2v) is 4.44. The minimum Gasteiger partial charge on any atom is -0.361 e. The molecule has 0 saturated carbocycles. The molecule has 0 atom stereocenters. The SMILES string of the molecule is C=C(c1ccnc(C)c1)c1ccc2[nH]ccc2c1. The smallest absolute Gasteiger partial charge is 0.0454 e. The fourth-order valence-electron chi connectivity index (χ4n) is 2.14. The molecule has 18 heavy (non-hydrogen) atoms. The third kappa shape index (κ3) is 1.82. The highest BCUT2D eigenvalue weighted by Crippen LogP contribution is 2.24. The third-order valence-corrected chi connectivity index (χ3v) is 3.15. The van der Waals surface area contributed by atoms with Crippen LogP contribution in [0.2, 0.25) is 0 Å². The molecule has 88 valence electrons. The average Bonchev–Trinajstić information content (AvgIpc) is 2.85. The molecule has 0 amide bonds. The van der Waals surface area contributed by atoms with Gasteiger partial charge in [-0.15, -0.1) is 0 Å². The van der Waals surface area contributed by atoms with Crippen LogP contribution in [0.15, 0.2) is 55.4 Å². The number of fused-ring (bicyclic) bond motifs is 1. The number of hydrogen-bond donors (Lipinski definition) is 1. The first kappa shape index (κ1) is 10.8. The van der Waals surface area contributed by atoms with Gasteiger partial charge in [-0.3, -0.25) is 4.98 Å². The number of aromatic amines is 1. The van der Waals surface area contributed by atoms with Crippen LogP contribution in [-0.2, 0) is 0 Å². The Morgan fingerprint density at radius 1 is 1.11 bits per heavy atom. The van der Waals surface area contributed by atoms with Gasteiger partial charge in [0.25, 0.3) is 0 Å². The van der Waals surface area contributed by atoms with Gasteiger partial charge in [0.15, 0.2) is 0 Å². The van der Waals surface area contributed by atoms with Crippen molar-refractivity contribution in [2.45, 2.75) is 6.92 Å². The van der Waals surface area contributed by atoms with Gasteiger partial charge in [-0.2, -0.15) is 0 Å². The third-order valence-electron chi connectivity index (χ3n) is 3.15. The molecule has 0 fully saturated rings. The van der Waals surface area contributed by atoms with Crippen molar-refractivity contribution >= 4 is 16.5 Å². The van der Waals surface area contributed by atoms with E-state index in [0.29, 0.717) is 0 Å². The van der Waals surface area contributed by atoms with Crippen molar-refractivity contribution in [2.75, 3.05) is 0 Å². The number of aromatic nitrogens is 2. The summed E-state index contributed by atoms with van der Waals surface area (Å²) in [6.07, 6.45) is 3.78. The van der Waals surface area contributed by atoms with Crippen LogP contribution in [0.4, 0.5) is 0 Å². The molecule has 0 aliphatic heterocycles. The van der Waals surface area contributed by atoms with E-state index in [0.717, 1.165) is 27.9 Å². The van der Waals surface area contributed by atoms with E-state index in [2.05, 4.69) is 46.9 Å². The molecule has 2 nitrogen and oxygen atoms in total. The number of H-pyrrole nitrogens is 1. The van der Waals surface area contributed by atoms with E-state index < -0.39 is 0 Å². The van der Waals surface area contributed by atoms with Crippen molar-refractivity contribution in [3.63, 3.8) is 0 Å². The number of nitrogens with one attached hydrogen (secondary N) is 1. The monoisotopic (exact) mass is 234 g/mol. The fraction of sp³-hybridized carbons (Fsp3) is 0.0625. The summed E-state index contributed by atoms with van der Waals surface area (Å²) in [6.45, 7) is 6.18. The molecule has 0 radical (unpaired) electrons. The van der Waals surface area contributed by atoms with Crippen LogP contribution in [-0.4, -0.2) is 9.97 Å². The molecule has 2 heterocycles. The molecule has 3 rings (SSSR count). The summed E-state index contributed by atoms with van der Waals surface area (Å²) >= 11 is 0. The Kier molecular flexibility index (Phi) is 2.49. The molecular weight excluding hydrogens is 220 g/mol. The van der Waals surface area contributed by atoms with Gasteiger partial charge in [0, 0.05) is 23.6 Å². The van der Waals surface area contributed by atoms with Crippen molar-refractivity contribution in [3.8, 4) is 0 Å². The highest BCUT2D eigenvalue weighted by molar-refractivity contribution is 5.87. The number of hydrogen-bond acceptors (Lipinski definition) is 1. The number of aryl methyl sites for hydroxylation is 1. The van der Waals surface area contributed by atoms with Crippen molar-refractivity contribution in [1.82, 2.24) is 9.97 Å². The zero-order valence-corrected chi connectivity index (χ0v) is 10.3. The van der Waals surface area contributed by atoms with Gasteiger partial charge in [0.2, 0.25) is 0 Å². The van der Waals surface area contributed by atoms with Crippen LogP contribution in [0, 0.1) is 6.92 Å². The lowest BCUT2D eigenvalue weighted by Crippen LogP contribution is -1.89. The zero-order valence-electron chi connectivity index (χ0n) is 10.3. The largest absolute Gasteiger partial charge is 0.361 e. The van der Waals surface area contributed by atoms with Gasteiger partial charge < -0.3 is 4.98 Å². The summed E-state index contributed by atoms with van der Waals surface area (Å²) in [5, 5.41) is 1.21. The van der Waals surface area contributed by atoms with E-state index in [-0.39, 0.29) is 0 Å². The predicted octanol–water partition coefficient (Wildman–Crippen LogP) is 3.93. The molecule has 1 aromatic carbocycles. The van der Waals surface area contributed by atoms with E-state index >= 15 is 0 Å². The predicted molar refractivity (Wildman–Crippen MR) is 75.4 cm³/mol. The molecule has 0 spiro atoms. The number of rotatable bonds is 2. The first-order chi connectivity index (χ1) is 8.74. The summed E-state index contributed by atoms with van der Waals surface area (Å²) in [5.41, 5.74) is 5.46. The zero-order chi connectivity index (χ0) is 12.5. The number of benzene rings is 1. The number of nitrogens with zero attached hydrogens (tertiary/aromatic N) is 1. The van der Waals surface area contributed by atoms with Crippen molar-refractivity contribution in [2.24, 2.45) is 0 Å². The molecular formula is C16H14N2. The Labute approximate surface area is 106 Å². The van der Waals surface area contributed by atoms with Crippen LogP contribution in [0.1, 0.15) is 16.8 Å². The van der Waals surface area contributed by atoms with Crippen molar-refractivity contribution < 1.29 is 0 Å². The lowest BCUT2D eigenvalue weighted by molar-refractivity contribution is 1.19. The van der Waals surface area contributed by atoms with E-state index in [9.17, 15) is 0 Å². The Hall–Kier alpha value is -2.35. The van der Waals surface area contributed by atoms with E-state index in [1.54, 1.807) is 0 Å². The average molecular weight is 234 g/mol. The minimum absolute atomic E-state index is 1.01. The summed E-state index contributed by atoms with van der Waals surface area (Å²) in [4.78, 5) is 7.41. The summed E-state index contributed by atoms with van der Waals surface area (Å²) < 4.78 is 0. The van der Waals surface area contributed by atoms with Gasteiger partial charge in [0.05, 0.1) is 0 Å². The molecule has 0 bridgehead atoms. The first-order valence-corrected chi connectivity index (χ1v) is 5.93. The van der Waals surface area contributed by atoms with Gasteiger partial charge in [-0.1, -0.05) is 12.6 Å². The molecule has 2 heteroatoms. The quantitative estimate of drug-likeness (QED) is 0.715. The van der Waals surface area contributed by atoms with Gasteiger partial charge in [-0.05, 0) is 59.3 Å². The lowest BCUT2D eigenvalue weighted by Gasteiger charge is -2.07. The standard InChI is InChI=1S/C16H14N2/c1-11-9-14(5-7-17-11)12(2)13-3-4-16-15(10-13)6-8-18-16/h3-10,18H,2H2,1H3. The normalized spacial score (nSPS) is 10.7. The first-order valence-electron chi connectivity index (χ1n) is 5.93. The summed E-state index contributed by atoms with van der Waals surface area (Å²) in [7, 11) is 0. The van der Waals surface area contributed by atoms with Crippen molar-refractivity contribution in [3.05, 3.63) is 72.2 Å².